The van der Waals surface area contributed by atoms with Gasteiger partial charge in [-0.15, -0.1) is 0 Å². The third-order valence-electron chi connectivity index (χ3n) is 5.18. The molecule has 0 saturated carbocycles. The summed E-state index contributed by atoms with van der Waals surface area (Å²) in [6, 6.07) is 6.99. The molecule has 0 radical (unpaired) electrons. The summed E-state index contributed by atoms with van der Waals surface area (Å²) in [6.45, 7) is 3.62. The lowest BCUT2D eigenvalue weighted by atomic mass is 9.76. The van der Waals surface area contributed by atoms with Crippen molar-refractivity contribution >= 4 is 17.6 Å². The molecule has 7 nitrogen and oxygen atoms in total. The first-order chi connectivity index (χ1) is 14.7. The lowest BCUT2D eigenvalue weighted by Gasteiger charge is -2.20. The second kappa shape index (κ2) is 7.36. The van der Waals surface area contributed by atoms with Gasteiger partial charge in [-0.1, -0.05) is 12.1 Å². The number of alkyl halides is 3. The van der Waals surface area contributed by atoms with Crippen molar-refractivity contribution in [2.75, 3.05) is 25.3 Å². The predicted octanol–water partition coefficient (Wildman–Crippen LogP) is 3.63. The molecule has 3 heterocycles. The Kier molecular flexibility index (Phi) is 4.95. The lowest BCUT2D eigenvalue weighted by Crippen LogP contribution is -2.37. The summed E-state index contributed by atoms with van der Waals surface area (Å²) >= 11 is 0. The standard InChI is InChI=1S/C17H10F3NO4.C4H8O2/c18-17(19,20)9-3-1-2-8-14(9)21-15(22)16(8)6-23-11-5-13-12(4-10(11)16)24-7-25-13;1-3-6-4(2)5/h1-5H,6-7H2,(H,21,22);3H2,1-2H3. The maximum Gasteiger partial charge on any atom is 0.418 e. The number of fused-ring (bicyclic) bond motifs is 5. The van der Waals surface area contributed by atoms with E-state index in [0.29, 0.717) is 29.4 Å². The van der Waals surface area contributed by atoms with Gasteiger partial charge in [-0.2, -0.15) is 13.2 Å². The highest BCUT2D eigenvalue weighted by molar-refractivity contribution is 6.10. The van der Waals surface area contributed by atoms with Gasteiger partial charge in [0, 0.05) is 18.6 Å². The summed E-state index contributed by atoms with van der Waals surface area (Å²) in [5, 5.41) is 2.40. The molecule has 3 aliphatic heterocycles. The highest BCUT2D eigenvalue weighted by Gasteiger charge is 2.56. The SMILES string of the molecule is CCOC(C)=O.O=C1Nc2c(C(F)(F)F)cccc2C12COc1cc3c(cc12)OCO3. The van der Waals surface area contributed by atoms with Crippen LogP contribution in [0.15, 0.2) is 30.3 Å². The number of hydrogen-bond acceptors (Lipinski definition) is 6. The number of esters is 1. The highest BCUT2D eigenvalue weighted by atomic mass is 19.4. The van der Waals surface area contributed by atoms with E-state index in [1.807, 2.05) is 0 Å². The van der Waals surface area contributed by atoms with Gasteiger partial charge >= 0.3 is 12.1 Å². The summed E-state index contributed by atoms with van der Waals surface area (Å²) in [5.41, 5.74) is -1.68. The van der Waals surface area contributed by atoms with E-state index in [0.717, 1.165) is 6.07 Å². The zero-order valence-electron chi connectivity index (χ0n) is 16.6. The number of anilines is 1. The Balaban J connectivity index is 0.000000342. The topological polar surface area (TPSA) is 83.1 Å². The number of amides is 1. The van der Waals surface area contributed by atoms with Crippen molar-refractivity contribution in [1.82, 2.24) is 0 Å². The fraction of sp³-hybridized carbons (Fsp3) is 0.333. The van der Waals surface area contributed by atoms with E-state index in [2.05, 4.69) is 10.1 Å². The summed E-state index contributed by atoms with van der Waals surface area (Å²) in [4.78, 5) is 22.6. The Hall–Kier alpha value is -3.43. The molecular formula is C21H18F3NO6. The Morgan fingerprint density at radius 2 is 1.84 bits per heavy atom. The maximum absolute atomic E-state index is 13.3. The van der Waals surface area contributed by atoms with Gasteiger partial charge in [0.2, 0.25) is 12.7 Å². The molecular weight excluding hydrogens is 419 g/mol. The average molecular weight is 437 g/mol. The second-order valence-electron chi connectivity index (χ2n) is 7.00. The van der Waals surface area contributed by atoms with Crippen LogP contribution in [0.1, 0.15) is 30.5 Å². The molecule has 1 amide bonds. The number of rotatable bonds is 1. The van der Waals surface area contributed by atoms with E-state index >= 15 is 0 Å². The van der Waals surface area contributed by atoms with Crippen molar-refractivity contribution in [3.05, 3.63) is 47.0 Å². The number of nitrogens with one attached hydrogen (secondary N) is 1. The predicted molar refractivity (Wildman–Crippen MR) is 101 cm³/mol. The molecule has 1 unspecified atom stereocenters. The van der Waals surface area contributed by atoms with Crippen molar-refractivity contribution < 1.29 is 41.7 Å². The minimum atomic E-state index is -4.57. The number of carbonyl (C=O) groups is 2. The van der Waals surface area contributed by atoms with E-state index < -0.39 is 23.1 Å². The van der Waals surface area contributed by atoms with Gasteiger partial charge in [0.25, 0.3) is 0 Å². The smallest absolute Gasteiger partial charge is 0.418 e. The highest BCUT2D eigenvalue weighted by Crippen LogP contribution is 2.55. The summed E-state index contributed by atoms with van der Waals surface area (Å²) < 4.78 is 60.6. The Morgan fingerprint density at radius 1 is 1.13 bits per heavy atom. The zero-order chi connectivity index (χ0) is 22.4. The second-order valence-corrected chi connectivity index (χ2v) is 7.00. The van der Waals surface area contributed by atoms with Crippen molar-refractivity contribution in [2.24, 2.45) is 0 Å². The van der Waals surface area contributed by atoms with Crippen LogP contribution in [0.25, 0.3) is 0 Å². The number of para-hydroxylation sites is 1. The van der Waals surface area contributed by atoms with E-state index in [1.165, 1.54) is 19.1 Å². The first-order valence-electron chi connectivity index (χ1n) is 9.41. The van der Waals surface area contributed by atoms with Gasteiger partial charge in [-0.3, -0.25) is 9.59 Å². The number of halogens is 3. The fourth-order valence-corrected chi connectivity index (χ4v) is 3.88. The Morgan fingerprint density at radius 3 is 2.45 bits per heavy atom. The van der Waals surface area contributed by atoms with Crippen molar-refractivity contribution in [1.29, 1.82) is 0 Å². The number of benzene rings is 2. The molecule has 1 atom stereocenters. The number of hydrogen-bond donors (Lipinski definition) is 1. The molecule has 1 spiro atoms. The molecule has 0 aromatic heterocycles. The third-order valence-corrected chi connectivity index (χ3v) is 5.18. The van der Waals surface area contributed by atoms with Gasteiger partial charge in [-0.05, 0) is 24.6 Å². The third kappa shape index (κ3) is 3.31. The maximum atomic E-state index is 13.3. The van der Waals surface area contributed by atoms with Crippen molar-refractivity contribution in [3.8, 4) is 17.2 Å². The van der Waals surface area contributed by atoms with Gasteiger partial charge < -0.3 is 24.3 Å². The van der Waals surface area contributed by atoms with Crippen molar-refractivity contribution in [3.63, 3.8) is 0 Å². The zero-order valence-corrected chi connectivity index (χ0v) is 16.6. The normalized spacial score (nSPS) is 19.7. The van der Waals surface area contributed by atoms with Crippen LogP contribution < -0.4 is 19.5 Å². The van der Waals surface area contributed by atoms with Crippen LogP contribution in [0.4, 0.5) is 18.9 Å². The average Bonchev–Trinajstić information content (AvgIpc) is 3.37. The molecule has 164 valence electrons. The van der Waals surface area contributed by atoms with Gasteiger partial charge in [0.05, 0.1) is 17.9 Å². The Labute approximate surface area is 175 Å². The van der Waals surface area contributed by atoms with Crippen LogP contribution in [0.2, 0.25) is 0 Å². The fourth-order valence-electron chi connectivity index (χ4n) is 3.88. The molecule has 5 rings (SSSR count). The summed E-state index contributed by atoms with van der Waals surface area (Å²) in [6.07, 6.45) is -4.57. The molecule has 10 heteroatoms. The van der Waals surface area contributed by atoms with Crippen molar-refractivity contribution in [2.45, 2.75) is 25.4 Å². The first-order valence-corrected chi connectivity index (χ1v) is 9.41. The van der Waals surface area contributed by atoms with Crippen LogP contribution in [-0.2, 0) is 25.9 Å². The van der Waals surface area contributed by atoms with Gasteiger partial charge in [0.15, 0.2) is 11.5 Å². The lowest BCUT2D eigenvalue weighted by molar-refractivity contribution is -0.140. The van der Waals surface area contributed by atoms with Crippen LogP contribution in [-0.4, -0.2) is 31.9 Å². The van der Waals surface area contributed by atoms with E-state index in [4.69, 9.17) is 14.2 Å². The van der Waals surface area contributed by atoms with Crippen LogP contribution in [0, 0.1) is 0 Å². The molecule has 0 bridgehead atoms. The molecule has 1 N–H and O–H groups in total. The van der Waals surface area contributed by atoms with Crippen LogP contribution >= 0.6 is 0 Å². The largest absolute Gasteiger partial charge is 0.491 e. The van der Waals surface area contributed by atoms with E-state index in [-0.39, 0.29) is 30.6 Å². The molecule has 0 fully saturated rings. The van der Waals surface area contributed by atoms with Gasteiger partial charge in [0.1, 0.15) is 17.8 Å². The Bertz CT molecular complexity index is 1070. The molecule has 2 aromatic rings. The quantitative estimate of drug-likeness (QED) is 0.686. The van der Waals surface area contributed by atoms with Crippen LogP contribution in [0.3, 0.4) is 0 Å². The van der Waals surface area contributed by atoms with E-state index in [9.17, 15) is 22.8 Å². The molecule has 0 saturated heterocycles. The number of ether oxygens (including phenoxy) is 4. The first kappa shape index (κ1) is 20.8. The number of carbonyl (C=O) groups excluding carboxylic acids is 2. The molecule has 3 aliphatic rings. The van der Waals surface area contributed by atoms with Crippen LogP contribution in [0.5, 0.6) is 17.2 Å². The monoisotopic (exact) mass is 437 g/mol. The minimum absolute atomic E-state index is 0.0478. The van der Waals surface area contributed by atoms with E-state index in [1.54, 1.807) is 19.1 Å². The molecule has 0 aliphatic carbocycles. The molecule has 2 aromatic carbocycles. The van der Waals surface area contributed by atoms with Gasteiger partial charge in [-0.25, -0.2) is 0 Å². The summed E-state index contributed by atoms with van der Waals surface area (Å²) in [5.74, 6) is 0.578. The minimum Gasteiger partial charge on any atom is -0.491 e. The summed E-state index contributed by atoms with van der Waals surface area (Å²) in [7, 11) is 0. The molecule has 31 heavy (non-hydrogen) atoms.